The number of carbonyl (C=O) groups excluding carboxylic acids is 1. The Morgan fingerprint density at radius 2 is 1.89 bits per heavy atom. The van der Waals surface area contributed by atoms with Gasteiger partial charge in [-0.15, -0.1) is 0 Å². The number of rotatable bonds is 10. The van der Waals surface area contributed by atoms with E-state index in [0.29, 0.717) is 31.8 Å². The fourth-order valence-electron chi connectivity index (χ4n) is 1.89. The van der Waals surface area contributed by atoms with Crippen LogP contribution in [0.4, 0.5) is 4.79 Å². The third kappa shape index (κ3) is 11.5. The summed E-state index contributed by atoms with van der Waals surface area (Å²) in [6, 6.07) is -0.280. The molecular weight excluding hydrogens is 248 g/mol. The first-order valence-electron chi connectivity index (χ1n) is 6.80. The quantitative estimate of drug-likeness (QED) is 0.450. The van der Waals surface area contributed by atoms with Gasteiger partial charge in [0.25, 0.3) is 0 Å². The molecule has 0 spiro atoms. The first kappa shape index (κ1) is 17.7. The number of hydrogen-bond donors (Lipinski definition) is 4. The molecule has 6 nitrogen and oxygen atoms in total. The monoisotopic (exact) mass is 274 g/mol. The Morgan fingerprint density at radius 3 is 2.42 bits per heavy atom. The summed E-state index contributed by atoms with van der Waals surface area (Å²) in [7, 11) is 0. The van der Waals surface area contributed by atoms with E-state index in [4.69, 9.17) is 10.2 Å². The lowest BCUT2D eigenvalue weighted by Gasteiger charge is -2.18. The van der Waals surface area contributed by atoms with Crippen LogP contribution in [0, 0.1) is 11.8 Å². The zero-order chi connectivity index (χ0) is 14.7. The van der Waals surface area contributed by atoms with Crippen LogP contribution < -0.4 is 10.6 Å². The van der Waals surface area contributed by atoms with Crippen molar-refractivity contribution in [2.45, 2.75) is 39.5 Å². The lowest BCUT2D eigenvalue weighted by atomic mass is 9.94. The van der Waals surface area contributed by atoms with Crippen molar-refractivity contribution in [3.05, 3.63) is 0 Å². The fraction of sp³-hybridized carbons (Fsp3) is 0.846. The highest BCUT2D eigenvalue weighted by molar-refractivity contribution is 5.73. The van der Waals surface area contributed by atoms with Crippen LogP contribution >= 0.6 is 0 Å². The van der Waals surface area contributed by atoms with Crippen molar-refractivity contribution < 1.29 is 19.8 Å². The fourth-order valence-corrected chi connectivity index (χ4v) is 1.89. The summed E-state index contributed by atoms with van der Waals surface area (Å²) in [4.78, 5) is 21.7. The molecule has 0 saturated carbocycles. The molecule has 0 aromatic rings. The molecule has 0 fully saturated rings. The highest BCUT2D eigenvalue weighted by atomic mass is 16.4. The molecule has 0 bridgehead atoms. The number of hydrogen-bond acceptors (Lipinski definition) is 3. The molecule has 0 rings (SSSR count). The minimum absolute atomic E-state index is 0.0563. The number of nitrogens with one attached hydrogen (secondary N) is 2. The molecule has 0 aliphatic rings. The predicted molar refractivity (Wildman–Crippen MR) is 72.9 cm³/mol. The summed E-state index contributed by atoms with van der Waals surface area (Å²) in [5.41, 5.74) is 0. The largest absolute Gasteiger partial charge is 0.481 e. The molecule has 112 valence electrons. The van der Waals surface area contributed by atoms with Gasteiger partial charge in [-0.2, -0.15) is 0 Å². The van der Waals surface area contributed by atoms with Crippen LogP contribution in [0.15, 0.2) is 0 Å². The highest BCUT2D eigenvalue weighted by Crippen LogP contribution is 2.14. The minimum atomic E-state index is -0.859. The number of aliphatic hydroxyl groups is 1. The second-order valence-corrected chi connectivity index (χ2v) is 5.14. The zero-order valence-electron chi connectivity index (χ0n) is 11.8. The maximum absolute atomic E-state index is 11.5. The third-order valence-electron chi connectivity index (χ3n) is 2.75. The van der Waals surface area contributed by atoms with Crippen molar-refractivity contribution in [2.24, 2.45) is 11.8 Å². The van der Waals surface area contributed by atoms with E-state index in [1.54, 1.807) is 0 Å². The van der Waals surface area contributed by atoms with E-state index in [1.807, 2.05) is 0 Å². The number of urea groups is 1. The Morgan fingerprint density at radius 1 is 1.21 bits per heavy atom. The molecular formula is C13H26N2O4. The summed E-state index contributed by atoms with van der Waals surface area (Å²) in [5, 5.41) is 22.8. The van der Waals surface area contributed by atoms with Gasteiger partial charge >= 0.3 is 12.0 Å². The van der Waals surface area contributed by atoms with E-state index in [2.05, 4.69) is 24.5 Å². The maximum atomic E-state index is 11.5. The third-order valence-corrected chi connectivity index (χ3v) is 2.75. The number of carboxylic acid groups (broad SMARTS) is 1. The molecule has 1 unspecified atom stereocenters. The normalized spacial score (nSPS) is 12.2. The summed E-state index contributed by atoms with van der Waals surface area (Å²) < 4.78 is 0. The lowest BCUT2D eigenvalue weighted by Crippen LogP contribution is -2.39. The Kier molecular flexibility index (Phi) is 9.88. The lowest BCUT2D eigenvalue weighted by molar-refractivity contribution is -0.137. The average molecular weight is 274 g/mol. The molecule has 1 atom stereocenters. The summed E-state index contributed by atoms with van der Waals surface area (Å²) in [5.74, 6) is -0.0612. The predicted octanol–water partition coefficient (Wildman–Crippen LogP) is 1.20. The van der Waals surface area contributed by atoms with Crippen LogP contribution in [0.5, 0.6) is 0 Å². The molecule has 0 aromatic carbocycles. The number of carbonyl (C=O) groups is 2. The van der Waals surface area contributed by atoms with Gasteiger partial charge in [-0.05, 0) is 31.1 Å². The first-order valence-corrected chi connectivity index (χ1v) is 6.80. The minimum Gasteiger partial charge on any atom is -0.481 e. The van der Waals surface area contributed by atoms with Gasteiger partial charge < -0.3 is 20.8 Å². The van der Waals surface area contributed by atoms with Crippen LogP contribution in [-0.4, -0.2) is 41.9 Å². The van der Waals surface area contributed by atoms with Crippen molar-refractivity contribution in [2.75, 3.05) is 19.7 Å². The molecule has 19 heavy (non-hydrogen) atoms. The Bertz CT molecular complexity index is 269. The topological polar surface area (TPSA) is 98.7 Å². The van der Waals surface area contributed by atoms with E-state index in [0.717, 1.165) is 6.42 Å². The molecule has 6 heteroatoms. The Balaban J connectivity index is 3.75. The number of aliphatic hydroxyl groups excluding tert-OH is 1. The summed E-state index contributed by atoms with van der Waals surface area (Å²) in [6.07, 6.45) is 2.12. The number of amides is 2. The molecule has 0 saturated heterocycles. The molecule has 0 radical (unpaired) electrons. The maximum Gasteiger partial charge on any atom is 0.314 e. The second kappa shape index (κ2) is 10.6. The van der Waals surface area contributed by atoms with Gasteiger partial charge in [-0.1, -0.05) is 13.8 Å². The van der Waals surface area contributed by atoms with Crippen molar-refractivity contribution in [3.8, 4) is 0 Å². The van der Waals surface area contributed by atoms with Crippen molar-refractivity contribution in [1.82, 2.24) is 10.6 Å². The summed E-state index contributed by atoms with van der Waals surface area (Å²) >= 11 is 0. The van der Waals surface area contributed by atoms with Gasteiger partial charge in [-0.3, -0.25) is 4.79 Å². The first-order chi connectivity index (χ1) is 8.95. The van der Waals surface area contributed by atoms with Gasteiger partial charge in [0, 0.05) is 26.1 Å². The standard InChI is InChI=1S/C13H26N2O4/c1-10(2)8-11(5-7-16)9-15-13(19)14-6-3-4-12(17)18/h10-11,16H,3-9H2,1-2H3,(H,17,18)(H2,14,15,19). The van der Waals surface area contributed by atoms with Gasteiger partial charge in [-0.25, -0.2) is 4.79 Å². The van der Waals surface area contributed by atoms with Gasteiger partial charge in [0.2, 0.25) is 0 Å². The van der Waals surface area contributed by atoms with Gasteiger partial charge in [0.05, 0.1) is 0 Å². The number of carboxylic acids is 1. The van der Waals surface area contributed by atoms with E-state index < -0.39 is 5.97 Å². The van der Waals surface area contributed by atoms with E-state index in [-0.39, 0.29) is 25.0 Å². The molecule has 0 aromatic heterocycles. The van der Waals surface area contributed by atoms with Crippen LogP contribution in [0.2, 0.25) is 0 Å². The molecule has 0 aliphatic heterocycles. The Labute approximate surface area is 114 Å². The van der Waals surface area contributed by atoms with Crippen LogP contribution in [-0.2, 0) is 4.79 Å². The molecule has 0 heterocycles. The van der Waals surface area contributed by atoms with Crippen molar-refractivity contribution in [1.29, 1.82) is 0 Å². The van der Waals surface area contributed by atoms with Crippen molar-refractivity contribution in [3.63, 3.8) is 0 Å². The van der Waals surface area contributed by atoms with Crippen LogP contribution in [0.25, 0.3) is 0 Å². The average Bonchev–Trinajstić information content (AvgIpc) is 2.31. The van der Waals surface area contributed by atoms with Gasteiger partial charge in [0.1, 0.15) is 0 Å². The number of aliphatic carboxylic acids is 1. The SMILES string of the molecule is CC(C)CC(CCO)CNC(=O)NCCCC(=O)O. The van der Waals surface area contributed by atoms with E-state index in [9.17, 15) is 9.59 Å². The molecule has 2 amide bonds. The van der Waals surface area contributed by atoms with E-state index >= 15 is 0 Å². The van der Waals surface area contributed by atoms with Gasteiger partial charge in [0.15, 0.2) is 0 Å². The highest BCUT2D eigenvalue weighted by Gasteiger charge is 2.11. The van der Waals surface area contributed by atoms with Crippen molar-refractivity contribution >= 4 is 12.0 Å². The zero-order valence-corrected chi connectivity index (χ0v) is 11.8. The smallest absolute Gasteiger partial charge is 0.314 e. The molecule has 4 N–H and O–H groups in total. The van der Waals surface area contributed by atoms with Crippen LogP contribution in [0.1, 0.15) is 39.5 Å². The van der Waals surface area contributed by atoms with Crippen LogP contribution in [0.3, 0.4) is 0 Å². The second-order valence-electron chi connectivity index (χ2n) is 5.14. The molecule has 0 aliphatic carbocycles. The summed E-state index contributed by atoms with van der Waals surface area (Å²) in [6.45, 7) is 5.22. The Hall–Kier alpha value is -1.30. The van der Waals surface area contributed by atoms with E-state index in [1.165, 1.54) is 0 Å².